The molecule has 0 fully saturated rings. The third-order valence-electron chi connectivity index (χ3n) is 2.79. The van der Waals surface area contributed by atoms with Gasteiger partial charge in [-0.2, -0.15) is 0 Å². The van der Waals surface area contributed by atoms with E-state index >= 15 is 0 Å². The third kappa shape index (κ3) is 7.11. The lowest BCUT2D eigenvalue weighted by Crippen LogP contribution is -2.12. The molecule has 0 saturated carbocycles. The van der Waals surface area contributed by atoms with Gasteiger partial charge in [-0.05, 0) is 24.2 Å². The van der Waals surface area contributed by atoms with Gasteiger partial charge in [0.1, 0.15) is 5.78 Å². The first-order valence-corrected chi connectivity index (χ1v) is 5.90. The zero-order valence-electron chi connectivity index (χ0n) is 10.5. The number of carbonyl (C=O) groups is 1. The van der Waals surface area contributed by atoms with Crippen molar-refractivity contribution in [3.8, 4) is 0 Å². The van der Waals surface area contributed by atoms with Gasteiger partial charge in [0.25, 0.3) is 0 Å². The predicted octanol–water partition coefficient (Wildman–Crippen LogP) is 4.21. The number of carbonyl (C=O) groups excluding carboxylic acids is 1. The van der Waals surface area contributed by atoms with Gasteiger partial charge in [0.15, 0.2) is 0 Å². The van der Waals surface area contributed by atoms with Crippen LogP contribution in [0.5, 0.6) is 0 Å². The average molecular weight is 198 g/mol. The Morgan fingerprint density at radius 3 is 2.14 bits per heavy atom. The van der Waals surface area contributed by atoms with Crippen molar-refractivity contribution in [1.29, 1.82) is 0 Å². The molecular weight excluding hydrogens is 172 g/mol. The van der Waals surface area contributed by atoms with Crippen LogP contribution in [-0.4, -0.2) is 5.78 Å². The Bertz CT molecular complexity index is 165. The zero-order valence-corrected chi connectivity index (χ0v) is 10.5. The second-order valence-electron chi connectivity index (χ2n) is 5.47. The summed E-state index contributed by atoms with van der Waals surface area (Å²) >= 11 is 0. The molecule has 0 aliphatic carbocycles. The van der Waals surface area contributed by atoms with Crippen molar-refractivity contribution in [3.63, 3.8) is 0 Å². The van der Waals surface area contributed by atoms with Gasteiger partial charge in [0, 0.05) is 12.8 Å². The Hall–Kier alpha value is -0.330. The first kappa shape index (κ1) is 13.7. The second-order valence-corrected chi connectivity index (χ2v) is 5.47. The molecule has 1 unspecified atom stereocenters. The standard InChI is InChI=1S/C13H26O/c1-6-11(10-12(14)7-2)8-9-13(3,4)5/h11H,6-10H2,1-5H3. The van der Waals surface area contributed by atoms with Crippen molar-refractivity contribution in [2.45, 2.75) is 66.7 Å². The highest BCUT2D eigenvalue weighted by molar-refractivity contribution is 5.78. The predicted molar refractivity (Wildman–Crippen MR) is 62.4 cm³/mol. The summed E-state index contributed by atoms with van der Waals surface area (Å²) in [5.41, 5.74) is 0.405. The maximum Gasteiger partial charge on any atom is 0.132 e. The minimum atomic E-state index is 0.405. The van der Waals surface area contributed by atoms with Gasteiger partial charge in [-0.15, -0.1) is 0 Å². The number of Topliss-reactive ketones (excluding diaryl/α,β-unsaturated/α-hetero) is 1. The second kappa shape index (κ2) is 6.21. The Morgan fingerprint density at radius 2 is 1.79 bits per heavy atom. The van der Waals surface area contributed by atoms with E-state index in [1.165, 1.54) is 12.8 Å². The maximum atomic E-state index is 11.3. The highest BCUT2D eigenvalue weighted by Gasteiger charge is 2.15. The summed E-state index contributed by atoms with van der Waals surface area (Å²) < 4.78 is 0. The molecule has 0 aromatic carbocycles. The molecule has 84 valence electrons. The van der Waals surface area contributed by atoms with Crippen LogP contribution in [0.1, 0.15) is 66.7 Å². The Labute approximate surface area is 89.3 Å². The van der Waals surface area contributed by atoms with E-state index in [2.05, 4.69) is 27.7 Å². The molecule has 0 radical (unpaired) electrons. The molecule has 0 aliphatic rings. The van der Waals surface area contributed by atoms with Crippen molar-refractivity contribution in [2.24, 2.45) is 11.3 Å². The van der Waals surface area contributed by atoms with E-state index in [4.69, 9.17) is 0 Å². The van der Waals surface area contributed by atoms with Crippen LogP contribution in [0.3, 0.4) is 0 Å². The zero-order chi connectivity index (χ0) is 11.2. The van der Waals surface area contributed by atoms with E-state index in [9.17, 15) is 4.79 Å². The number of hydrogen-bond acceptors (Lipinski definition) is 1. The molecule has 0 spiro atoms. The number of hydrogen-bond donors (Lipinski definition) is 0. The van der Waals surface area contributed by atoms with Crippen LogP contribution < -0.4 is 0 Å². The van der Waals surface area contributed by atoms with Crippen LogP contribution in [0, 0.1) is 11.3 Å². The van der Waals surface area contributed by atoms with Crippen molar-refractivity contribution in [2.75, 3.05) is 0 Å². The van der Waals surface area contributed by atoms with Gasteiger partial charge in [0.2, 0.25) is 0 Å². The molecule has 0 heterocycles. The minimum absolute atomic E-state index is 0.405. The fourth-order valence-corrected chi connectivity index (χ4v) is 1.55. The first-order valence-electron chi connectivity index (χ1n) is 5.90. The molecule has 1 nitrogen and oxygen atoms in total. The van der Waals surface area contributed by atoms with E-state index < -0.39 is 0 Å². The molecule has 0 bridgehead atoms. The molecular formula is C13H26O. The molecule has 1 heteroatoms. The Morgan fingerprint density at radius 1 is 1.21 bits per heavy atom. The SMILES string of the molecule is CCC(=O)CC(CC)CCC(C)(C)C. The van der Waals surface area contributed by atoms with Crippen LogP contribution >= 0.6 is 0 Å². The van der Waals surface area contributed by atoms with Crippen molar-refractivity contribution < 1.29 is 4.79 Å². The van der Waals surface area contributed by atoms with Gasteiger partial charge < -0.3 is 0 Å². The van der Waals surface area contributed by atoms with E-state index in [0.29, 0.717) is 23.5 Å². The van der Waals surface area contributed by atoms with E-state index in [1.807, 2.05) is 6.92 Å². The lowest BCUT2D eigenvalue weighted by molar-refractivity contribution is -0.119. The normalized spacial score (nSPS) is 14.1. The fraction of sp³-hybridized carbons (Fsp3) is 0.923. The van der Waals surface area contributed by atoms with Gasteiger partial charge in [-0.3, -0.25) is 4.79 Å². The van der Waals surface area contributed by atoms with Crippen LogP contribution in [-0.2, 0) is 4.79 Å². The largest absolute Gasteiger partial charge is 0.300 e. The number of rotatable bonds is 6. The highest BCUT2D eigenvalue weighted by Crippen LogP contribution is 2.26. The topological polar surface area (TPSA) is 17.1 Å². The lowest BCUT2D eigenvalue weighted by atomic mass is 9.84. The minimum Gasteiger partial charge on any atom is -0.300 e. The molecule has 14 heavy (non-hydrogen) atoms. The van der Waals surface area contributed by atoms with Crippen LogP contribution in [0.15, 0.2) is 0 Å². The van der Waals surface area contributed by atoms with Crippen LogP contribution in [0.4, 0.5) is 0 Å². The fourth-order valence-electron chi connectivity index (χ4n) is 1.55. The molecule has 0 rings (SSSR count). The summed E-state index contributed by atoms with van der Waals surface area (Å²) in [6, 6.07) is 0. The van der Waals surface area contributed by atoms with Gasteiger partial charge in [-0.1, -0.05) is 41.0 Å². The maximum absolute atomic E-state index is 11.3. The van der Waals surface area contributed by atoms with E-state index in [0.717, 1.165) is 12.8 Å². The van der Waals surface area contributed by atoms with Crippen LogP contribution in [0.25, 0.3) is 0 Å². The summed E-state index contributed by atoms with van der Waals surface area (Å²) in [5, 5.41) is 0. The van der Waals surface area contributed by atoms with Gasteiger partial charge in [0.05, 0.1) is 0 Å². The highest BCUT2D eigenvalue weighted by atomic mass is 16.1. The van der Waals surface area contributed by atoms with Crippen molar-refractivity contribution in [1.82, 2.24) is 0 Å². The summed E-state index contributed by atoms with van der Waals surface area (Å²) in [4.78, 5) is 11.3. The smallest absolute Gasteiger partial charge is 0.132 e. The lowest BCUT2D eigenvalue weighted by Gasteiger charge is -2.21. The Kier molecular flexibility index (Phi) is 6.06. The van der Waals surface area contributed by atoms with Crippen LogP contribution in [0.2, 0.25) is 0 Å². The van der Waals surface area contributed by atoms with Gasteiger partial charge in [-0.25, -0.2) is 0 Å². The van der Waals surface area contributed by atoms with Crippen molar-refractivity contribution in [3.05, 3.63) is 0 Å². The van der Waals surface area contributed by atoms with E-state index in [1.54, 1.807) is 0 Å². The molecule has 0 N–H and O–H groups in total. The summed E-state index contributed by atoms with van der Waals surface area (Å²) in [6.45, 7) is 10.9. The molecule has 0 aliphatic heterocycles. The molecule has 0 aromatic heterocycles. The first-order chi connectivity index (χ1) is 6.39. The summed E-state index contributed by atoms with van der Waals surface area (Å²) in [7, 11) is 0. The average Bonchev–Trinajstić information content (AvgIpc) is 2.10. The third-order valence-corrected chi connectivity index (χ3v) is 2.79. The quantitative estimate of drug-likeness (QED) is 0.625. The molecule has 0 aromatic rings. The Balaban J connectivity index is 3.86. The van der Waals surface area contributed by atoms with Crippen molar-refractivity contribution >= 4 is 5.78 Å². The monoisotopic (exact) mass is 198 g/mol. The molecule has 0 saturated heterocycles. The number of ketones is 1. The van der Waals surface area contributed by atoms with E-state index in [-0.39, 0.29) is 0 Å². The summed E-state index contributed by atoms with van der Waals surface area (Å²) in [6.07, 6.45) is 5.06. The molecule has 1 atom stereocenters. The summed E-state index contributed by atoms with van der Waals surface area (Å²) in [5.74, 6) is 1.03. The molecule has 0 amide bonds. The van der Waals surface area contributed by atoms with Gasteiger partial charge >= 0.3 is 0 Å².